The van der Waals surface area contributed by atoms with Gasteiger partial charge >= 0.3 is 0 Å². The van der Waals surface area contributed by atoms with E-state index < -0.39 is 23.0 Å². The second kappa shape index (κ2) is 7.03. The molecule has 26 heavy (non-hydrogen) atoms. The smallest absolute Gasteiger partial charge is 0.240 e. The fourth-order valence-electron chi connectivity index (χ4n) is 2.62. The third-order valence-corrected chi connectivity index (χ3v) is 4.38. The number of amides is 2. The molecular formula is C19H19FN2O4. The molecule has 2 amide bonds. The summed E-state index contributed by atoms with van der Waals surface area (Å²) in [6, 6.07) is 10.4. The molecule has 136 valence electrons. The van der Waals surface area contributed by atoms with E-state index in [1.54, 1.807) is 18.2 Å². The van der Waals surface area contributed by atoms with E-state index in [1.165, 1.54) is 38.5 Å². The molecule has 2 aromatic carbocycles. The maximum absolute atomic E-state index is 13.0. The number of carbonyl (C=O) groups is 2. The van der Waals surface area contributed by atoms with E-state index in [1.807, 2.05) is 0 Å². The number of nitrogens with one attached hydrogen (secondary N) is 2. The van der Waals surface area contributed by atoms with Gasteiger partial charge in [0.2, 0.25) is 11.8 Å². The standard InChI is InChI=1S/C19H19FN2O4/c1-25-14-7-8-16(26-2)15(11-14)22-18(24)19(9-10-19)17(23)21-13-5-3-12(20)4-6-13/h3-8,11H,9-10H2,1-2H3,(H,21,23)(H,22,24). The highest BCUT2D eigenvalue weighted by molar-refractivity contribution is 6.17. The fourth-order valence-corrected chi connectivity index (χ4v) is 2.62. The molecule has 0 bridgehead atoms. The van der Waals surface area contributed by atoms with E-state index in [2.05, 4.69) is 10.6 Å². The molecule has 2 aromatic rings. The largest absolute Gasteiger partial charge is 0.497 e. The molecule has 0 atom stereocenters. The van der Waals surface area contributed by atoms with Crippen LogP contribution in [-0.4, -0.2) is 26.0 Å². The number of benzene rings is 2. The summed E-state index contributed by atoms with van der Waals surface area (Å²) >= 11 is 0. The number of carbonyl (C=O) groups excluding carboxylic acids is 2. The van der Waals surface area contributed by atoms with Crippen molar-refractivity contribution in [2.75, 3.05) is 24.9 Å². The van der Waals surface area contributed by atoms with Crippen molar-refractivity contribution in [3.8, 4) is 11.5 Å². The van der Waals surface area contributed by atoms with Gasteiger partial charge in [-0.05, 0) is 49.2 Å². The lowest BCUT2D eigenvalue weighted by molar-refractivity contribution is -0.131. The van der Waals surface area contributed by atoms with Crippen LogP contribution in [0.15, 0.2) is 42.5 Å². The van der Waals surface area contributed by atoms with E-state index in [0.717, 1.165) is 0 Å². The van der Waals surface area contributed by atoms with Crippen LogP contribution in [0.5, 0.6) is 11.5 Å². The first kappa shape index (κ1) is 17.7. The van der Waals surface area contributed by atoms with Gasteiger partial charge in [0.25, 0.3) is 0 Å². The molecule has 1 fully saturated rings. The molecule has 3 rings (SSSR count). The van der Waals surface area contributed by atoms with Crippen molar-refractivity contribution in [3.63, 3.8) is 0 Å². The fraction of sp³-hybridized carbons (Fsp3) is 0.263. The minimum Gasteiger partial charge on any atom is -0.497 e. The van der Waals surface area contributed by atoms with E-state index in [0.29, 0.717) is 35.7 Å². The Kier molecular flexibility index (Phi) is 4.79. The van der Waals surface area contributed by atoms with Crippen LogP contribution in [0, 0.1) is 11.2 Å². The van der Waals surface area contributed by atoms with Crippen LogP contribution >= 0.6 is 0 Å². The summed E-state index contributed by atoms with van der Waals surface area (Å²) in [6.07, 6.45) is 0.885. The molecule has 1 aliphatic carbocycles. The average Bonchev–Trinajstić information content (AvgIpc) is 3.45. The Bertz CT molecular complexity index is 832. The summed E-state index contributed by atoms with van der Waals surface area (Å²) in [4.78, 5) is 25.3. The van der Waals surface area contributed by atoms with Crippen molar-refractivity contribution in [1.29, 1.82) is 0 Å². The normalized spacial score (nSPS) is 14.3. The maximum atomic E-state index is 13.0. The number of methoxy groups -OCH3 is 2. The maximum Gasteiger partial charge on any atom is 0.240 e. The zero-order chi connectivity index (χ0) is 18.7. The summed E-state index contributed by atoms with van der Waals surface area (Å²) in [5.41, 5.74) is -0.269. The summed E-state index contributed by atoms with van der Waals surface area (Å²) in [7, 11) is 3.01. The highest BCUT2D eigenvalue weighted by Crippen LogP contribution is 2.48. The van der Waals surface area contributed by atoms with Crippen molar-refractivity contribution in [2.45, 2.75) is 12.8 Å². The molecule has 7 heteroatoms. The van der Waals surface area contributed by atoms with Gasteiger partial charge in [-0.2, -0.15) is 0 Å². The Balaban J connectivity index is 1.74. The molecule has 0 spiro atoms. The third kappa shape index (κ3) is 3.46. The molecule has 2 N–H and O–H groups in total. The first-order valence-electron chi connectivity index (χ1n) is 8.09. The Morgan fingerprint density at radius 3 is 2.19 bits per heavy atom. The lowest BCUT2D eigenvalue weighted by atomic mass is 10.0. The van der Waals surface area contributed by atoms with Crippen molar-refractivity contribution in [3.05, 3.63) is 48.3 Å². The predicted molar refractivity (Wildman–Crippen MR) is 94.9 cm³/mol. The molecule has 0 aliphatic heterocycles. The topological polar surface area (TPSA) is 76.7 Å². The van der Waals surface area contributed by atoms with Gasteiger partial charge in [-0.3, -0.25) is 9.59 Å². The Morgan fingerprint density at radius 2 is 1.62 bits per heavy atom. The van der Waals surface area contributed by atoms with Gasteiger partial charge in [-0.25, -0.2) is 4.39 Å². The zero-order valence-corrected chi connectivity index (χ0v) is 14.5. The van der Waals surface area contributed by atoms with E-state index in [9.17, 15) is 14.0 Å². The summed E-state index contributed by atoms with van der Waals surface area (Å²) in [6.45, 7) is 0. The monoisotopic (exact) mass is 358 g/mol. The minimum absolute atomic E-state index is 0.396. The zero-order valence-electron chi connectivity index (χ0n) is 14.5. The second-order valence-electron chi connectivity index (χ2n) is 6.06. The van der Waals surface area contributed by atoms with Crippen LogP contribution in [0.25, 0.3) is 0 Å². The van der Waals surface area contributed by atoms with Crippen LogP contribution in [0.3, 0.4) is 0 Å². The number of ether oxygens (including phenoxy) is 2. The lowest BCUT2D eigenvalue weighted by Gasteiger charge is -2.17. The molecule has 6 nitrogen and oxygen atoms in total. The molecular weight excluding hydrogens is 339 g/mol. The van der Waals surface area contributed by atoms with Crippen molar-refractivity contribution < 1.29 is 23.5 Å². The van der Waals surface area contributed by atoms with Gasteiger partial charge in [0.15, 0.2) is 0 Å². The Labute approximate surface area is 150 Å². The molecule has 1 aliphatic rings. The van der Waals surface area contributed by atoms with E-state index in [4.69, 9.17) is 9.47 Å². The number of halogens is 1. The van der Waals surface area contributed by atoms with Gasteiger partial charge in [-0.15, -0.1) is 0 Å². The van der Waals surface area contributed by atoms with Gasteiger partial charge in [0, 0.05) is 11.8 Å². The first-order valence-corrected chi connectivity index (χ1v) is 8.09. The summed E-state index contributed by atoms with van der Waals surface area (Å²) < 4.78 is 23.4. The molecule has 0 saturated heterocycles. The number of hydrogen-bond donors (Lipinski definition) is 2. The molecule has 0 radical (unpaired) electrons. The van der Waals surface area contributed by atoms with E-state index in [-0.39, 0.29) is 0 Å². The summed E-state index contributed by atoms with van der Waals surface area (Å²) in [5.74, 6) is -0.199. The quantitative estimate of drug-likeness (QED) is 0.778. The minimum atomic E-state index is -1.14. The molecule has 1 saturated carbocycles. The van der Waals surface area contributed by atoms with Gasteiger partial charge in [0.1, 0.15) is 22.7 Å². The molecule has 0 aromatic heterocycles. The van der Waals surface area contributed by atoms with Gasteiger partial charge < -0.3 is 20.1 Å². The van der Waals surface area contributed by atoms with Crippen molar-refractivity contribution >= 4 is 23.2 Å². The highest BCUT2D eigenvalue weighted by Gasteiger charge is 2.56. The van der Waals surface area contributed by atoms with Crippen LogP contribution in [0.2, 0.25) is 0 Å². The first-order chi connectivity index (χ1) is 12.5. The molecule has 0 unspecified atom stereocenters. The average molecular weight is 358 g/mol. The number of anilines is 2. The highest BCUT2D eigenvalue weighted by atomic mass is 19.1. The second-order valence-corrected chi connectivity index (χ2v) is 6.06. The Hall–Kier alpha value is -3.09. The van der Waals surface area contributed by atoms with Crippen molar-refractivity contribution in [1.82, 2.24) is 0 Å². The lowest BCUT2D eigenvalue weighted by Crippen LogP contribution is -2.35. The van der Waals surface area contributed by atoms with Crippen molar-refractivity contribution in [2.24, 2.45) is 5.41 Å². The Morgan fingerprint density at radius 1 is 0.962 bits per heavy atom. The van der Waals surface area contributed by atoms with E-state index >= 15 is 0 Å². The number of rotatable bonds is 6. The number of hydrogen-bond acceptors (Lipinski definition) is 4. The van der Waals surface area contributed by atoms with Crippen LogP contribution in [-0.2, 0) is 9.59 Å². The summed E-state index contributed by atoms with van der Waals surface area (Å²) in [5, 5.41) is 5.42. The van der Waals surface area contributed by atoms with Gasteiger partial charge in [0.05, 0.1) is 19.9 Å². The van der Waals surface area contributed by atoms with Crippen LogP contribution in [0.1, 0.15) is 12.8 Å². The SMILES string of the molecule is COc1ccc(OC)c(NC(=O)C2(C(=O)Nc3ccc(F)cc3)CC2)c1. The van der Waals surface area contributed by atoms with Crippen LogP contribution in [0.4, 0.5) is 15.8 Å². The van der Waals surface area contributed by atoms with Gasteiger partial charge in [-0.1, -0.05) is 0 Å². The third-order valence-electron chi connectivity index (χ3n) is 4.38. The molecule has 0 heterocycles. The predicted octanol–water partition coefficient (Wildman–Crippen LogP) is 3.20. The van der Waals surface area contributed by atoms with Crippen LogP contribution < -0.4 is 20.1 Å².